The van der Waals surface area contributed by atoms with E-state index in [-0.39, 0.29) is 17.6 Å². The fourth-order valence-corrected chi connectivity index (χ4v) is 8.00. The Hall–Kier alpha value is -2.28. The first-order valence-corrected chi connectivity index (χ1v) is 14.9. The first-order valence-electron chi connectivity index (χ1n) is 13.3. The molecule has 1 aliphatic rings. The molecule has 2 atom stereocenters. The molecular formula is C32H42O4Si. The molecule has 4 rings (SSSR count). The van der Waals surface area contributed by atoms with Crippen LogP contribution in [0, 0.1) is 10.8 Å². The summed E-state index contributed by atoms with van der Waals surface area (Å²) in [5.74, 6) is -0.638. The van der Waals surface area contributed by atoms with Crippen LogP contribution < -0.4 is 10.4 Å². The van der Waals surface area contributed by atoms with Crippen molar-refractivity contribution in [3.05, 3.63) is 96.6 Å². The zero-order valence-electron chi connectivity index (χ0n) is 23.1. The normalized spacial score (nSPS) is 18.9. The maximum Gasteiger partial charge on any atom is 0.240 e. The maximum absolute atomic E-state index is 7.37. The van der Waals surface area contributed by atoms with Crippen molar-refractivity contribution < 1.29 is 18.6 Å². The average molecular weight is 519 g/mol. The molecule has 0 radical (unpaired) electrons. The van der Waals surface area contributed by atoms with Crippen LogP contribution in [0.15, 0.2) is 91.0 Å². The maximum atomic E-state index is 7.37. The molecule has 0 N–H and O–H groups in total. The first kappa shape index (κ1) is 27.7. The standard InChI is InChI=1S/C32H42O4Si/c1-25(33-22-26-16-10-7-11-17-26)32(23-34-31(5,6)35-24-32)29(30(2,3)4)36-37(27-18-12-8-13-19-27)28-20-14-9-15-21-28/h7-21,25,29,37H,22-24H2,1-6H3. The van der Waals surface area contributed by atoms with E-state index in [0.29, 0.717) is 19.8 Å². The van der Waals surface area contributed by atoms with Gasteiger partial charge in [0.25, 0.3) is 0 Å². The highest BCUT2D eigenvalue weighted by atomic mass is 28.3. The molecule has 1 aliphatic heterocycles. The Morgan fingerprint density at radius 1 is 0.784 bits per heavy atom. The number of hydrogen-bond donors (Lipinski definition) is 0. The Morgan fingerprint density at radius 2 is 1.24 bits per heavy atom. The highest BCUT2D eigenvalue weighted by Crippen LogP contribution is 2.45. The minimum absolute atomic E-state index is 0.158. The van der Waals surface area contributed by atoms with Gasteiger partial charge in [0.05, 0.1) is 37.4 Å². The van der Waals surface area contributed by atoms with Gasteiger partial charge in [-0.2, -0.15) is 0 Å². The van der Waals surface area contributed by atoms with E-state index in [4.69, 9.17) is 18.6 Å². The molecule has 198 valence electrons. The third kappa shape index (κ3) is 6.78. The molecule has 3 aromatic rings. The lowest BCUT2D eigenvalue weighted by molar-refractivity contribution is -0.322. The molecular weight excluding hydrogens is 476 g/mol. The molecule has 4 nitrogen and oxygen atoms in total. The lowest BCUT2D eigenvalue weighted by Gasteiger charge is -2.54. The fraction of sp³-hybridized carbons (Fsp3) is 0.438. The van der Waals surface area contributed by atoms with Gasteiger partial charge in [-0.1, -0.05) is 112 Å². The van der Waals surface area contributed by atoms with E-state index in [9.17, 15) is 0 Å². The smallest absolute Gasteiger partial charge is 0.240 e. The van der Waals surface area contributed by atoms with Gasteiger partial charge in [-0.15, -0.1) is 0 Å². The summed E-state index contributed by atoms with van der Waals surface area (Å²) in [5.41, 5.74) is 0.474. The van der Waals surface area contributed by atoms with E-state index >= 15 is 0 Å². The number of rotatable bonds is 9. The Bertz CT molecular complexity index is 1050. The summed E-state index contributed by atoms with van der Waals surface area (Å²) >= 11 is 0. The highest BCUT2D eigenvalue weighted by Gasteiger charge is 2.55. The summed E-state index contributed by atoms with van der Waals surface area (Å²) in [6.45, 7) is 14.4. The van der Waals surface area contributed by atoms with Crippen LogP contribution in [0.1, 0.15) is 47.1 Å². The van der Waals surface area contributed by atoms with E-state index in [2.05, 4.69) is 100 Å². The molecule has 1 fully saturated rings. The van der Waals surface area contributed by atoms with Crippen molar-refractivity contribution in [2.45, 2.75) is 66.1 Å². The van der Waals surface area contributed by atoms with Gasteiger partial charge in [0.15, 0.2) is 5.79 Å². The summed E-state index contributed by atoms with van der Waals surface area (Å²) in [5, 5.41) is 2.52. The van der Waals surface area contributed by atoms with Gasteiger partial charge in [0, 0.05) is 0 Å². The van der Waals surface area contributed by atoms with Gasteiger partial charge in [-0.3, -0.25) is 0 Å². The van der Waals surface area contributed by atoms with Crippen LogP contribution in [0.3, 0.4) is 0 Å². The molecule has 0 spiro atoms. The predicted molar refractivity (Wildman–Crippen MR) is 153 cm³/mol. The Morgan fingerprint density at radius 3 is 1.70 bits per heavy atom. The predicted octanol–water partition coefficient (Wildman–Crippen LogP) is 5.33. The van der Waals surface area contributed by atoms with Crippen molar-refractivity contribution >= 4 is 19.4 Å². The topological polar surface area (TPSA) is 36.9 Å². The number of hydrogen-bond acceptors (Lipinski definition) is 4. The molecule has 0 amide bonds. The SMILES string of the molecule is CC(OCc1ccccc1)C1(C(O[SiH](c2ccccc2)c2ccccc2)C(C)(C)C)COC(C)(C)OC1. The second kappa shape index (κ2) is 11.6. The van der Waals surface area contributed by atoms with E-state index < -0.39 is 20.2 Å². The van der Waals surface area contributed by atoms with Crippen molar-refractivity contribution in [1.29, 1.82) is 0 Å². The Balaban J connectivity index is 1.72. The Kier molecular flexibility index (Phi) is 8.72. The van der Waals surface area contributed by atoms with Crippen molar-refractivity contribution in [3.8, 4) is 0 Å². The van der Waals surface area contributed by atoms with E-state index in [1.54, 1.807) is 0 Å². The highest BCUT2D eigenvalue weighted by molar-refractivity contribution is 6.80. The first-order chi connectivity index (χ1) is 17.6. The molecule has 37 heavy (non-hydrogen) atoms. The molecule has 0 aliphatic carbocycles. The van der Waals surface area contributed by atoms with E-state index in [1.807, 2.05) is 32.0 Å². The van der Waals surface area contributed by atoms with Crippen molar-refractivity contribution in [2.24, 2.45) is 10.8 Å². The van der Waals surface area contributed by atoms with Crippen LogP contribution in [0.2, 0.25) is 0 Å². The molecule has 1 saturated heterocycles. The summed E-state index contributed by atoms with van der Waals surface area (Å²) in [6.07, 6.45) is -0.326. The van der Waals surface area contributed by atoms with Crippen molar-refractivity contribution in [3.63, 3.8) is 0 Å². The fourth-order valence-electron chi connectivity index (χ4n) is 5.20. The second-order valence-electron chi connectivity index (χ2n) is 11.7. The van der Waals surface area contributed by atoms with Gasteiger partial charge in [0.2, 0.25) is 9.04 Å². The molecule has 3 aromatic carbocycles. The van der Waals surface area contributed by atoms with Gasteiger partial charge in [-0.25, -0.2) is 0 Å². The summed E-state index contributed by atoms with van der Waals surface area (Å²) in [7, 11) is -2.04. The largest absolute Gasteiger partial charge is 0.407 e. The van der Waals surface area contributed by atoms with Gasteiger partial charge in [0.1, 0.15) is 0 Å². The molecule has 0 aromatic heterocycles. The van der Waals surface area contributed by atoms with Gasteiger partial charge < -0.3 is 18.6 Å². The van der Waals surface area contributed by atoms with E-state index in [1.165, 1.54) is 10.4 Å². The molecule has 5 heteroatoms. The van der Waals surface area contributed by atoms with Gasteiger partial charge in [-0.05, 0) is 42.1 Å². The molecule has 1 heterocycles. The third-order valence-electron chi connectivity index (χ3n) is 7.31. The zero-order valence-corrected chi connectivity index (χ0v) is 24.3. The lowest BCUT2D eigenvalue weighted by atomic mass is 9.68. The minimum atomic E-state index is -2.04. The van der Waals surface area contributed by atoms with Crippen LogP contribution in [0.25, 0.3) is 0 Å². The number of benzene rings is 3. The third-order valence-corrected chi connectivity index (χ3v) is 9.84. The second-order valence-corrected chi connectivity index (χ2v) is 14.1. The van der Waals surface area contributed by atoms with Crippen LogP contribution >= 0.6 is 0 Å². The zero-order chi connectivity index (χ0) is 26.5. The van der Waals surface area contributed by atoms with E-state index in [0.717, 1.165) is 5.56 Å². The van der Waals surface area contributed by atoms with Crippen LogP contribution in [0.4, 0.5) is 0 Å². The summed E-state index contributed by atoms with van der Waals surface area (Å²) in [6, 6.07) is 31.6. The molecule has 2 unspecified atom stereocenters. The summed E-state index contributed by atoms with van der Waals surface area (Å²) < 4.78 is 26.7. The number of ether oxygens (including phenoxy) is 3. The molecule has 0 bridgehead atoms. The quantitative estimate of drug-likeness (QED) is 0.359. The minimum Gasteiger partial charge on any atom is -0.407 e. The molecule has 0 saturated carbocycles. The Labute approximate surface area is 224 Å². The lowest BCUT2D eigenvalue weighted by Crippen LogP contribution is -2.64. The average Bonchev–Trinajstić information content (AvgIpc) is 2.89. The monoisotopic (exact) mass is 518 g/mol. The van der Waals surface area contributed by atoms with Gasteiger partial charge >= 0.3 is 0 Å². The van der Waals surface area contributed by atoms with Crippen molar-refractivity contribution in [1.82, 2.24) is 0 Å². The van der Waals surface area contributed by atoms with Crippen LogP contribution in [0.5, 0.6) is 0 Å². The van der Waals surface area contributed by atoms with Crippen LogP contribution in [-0.2, 0) is 25.2 Å². The van der Waals surface area contributed by atoms with Crippen LogP contribution in [-0.4, -0.2) is 40.2 Å². The van der Waals surface area contributed by atoms with Crippen molar-refractivity contribution in [2.75, 3.05) is 13.2 Å². The summed E-state index contributed by atoms with van der Waals surface area (Å²) in [4.78, 5) is 0.